The summed E-state index contributed by atoms with van der Waals surface area (Å²) >= 11 is 5.81. The first kappa shape index (κ1) is 14.1. The number of halogens is 1. The van der Waals surface area contributed by atoms with Gasteiger partial charge in [-0.15, -0.1) is 0 Å². The number of aromatic carboxylic acids is 1. The van der Waals surface area contributed by atoms with Crippen molar-refractivity contribution < 1.29 is 14.6 Å². The van der Waals surface area contributed by atoms with E-state index in [1.54, 1.807) is 24.3 Å². The summed E-state index contributed by atoms with van der Waals surface area (Å²) in [6.45, 7) is 0.287. The number of nitrogens with zero attached hydrogens (tertiary/aromatic N) is 1. The Morgan fingerprint density at radius 1 is 1.45 bits per heavy atom. The minimum Gasteiger partial charge on any atom is -0.493 e. The van der Waals surface area contributed by atoms with E-state index in [2.05, 4.69) is 9.97 Å². The van der Waals surface area contributed by atoms with Gasteiger partial charge in [-0.2, -0.15) is 0 Å². The second-order valence-electron chi connectivity index (χ2n) is 3.93. The Hall–Kier alpha value is -2.34. The van der Waals surface area contributed by atoms with Crippen LogP contribution >= 0.6 is 11.6 Å². The highest BCUT2D eigenvalue weighted by molar-refractivity contribution is 6.30. The van der Waals surface area contributed by atoms with Crippen LogP contribution < -0.4 is 10.3 Å². The van der Waals surface area contributed by atoms with Crippen LogP contribution in [-0.4, -0.2) is 27.7 Å². The second kappa shape index (κ2) is 6.21. The van der Waals surface area contributed by atoms with E-state index >= 15 is 0 Å². The molecule has 0 amide bonds. The molecule has 2 rings (SSSR count). The van der Waals surface area contributed by atoms with Crippen molar-refractivity contribution in [2.75, 3.05) is 6.61 Å². The number of H-pyrrole nitrogens is 1. The lowest BCUT2D eigenvalue weighted by Crippen LogP contribution is -2.21. The highest BCUT2D eigenvalue weighted by Gasteiger charge is 2.09. The monoisotopic (exact) mass is 294 g/mol. The molecule has 20 heavy (non-hydrogen) atoms. The Labute approximate surface area is 119 Å². The number of hydrogen-bond donors (Lipinski definition) is 2. The first-order valence-electron chi connectivity index (χ1n) is 5.76. The lowest BCUT2D eigenvalue weighted by molar-refractivity contribution is 0.0694. The number of hydrogen-bond acceptors (Lipinski definition) is 4. The fraction of sp³-hybridized carbons (Fsp3) is 0.154. The average Bonchev–Trinajstić information content (AvgIpc) is 2.38. The molecule has 0 aliphatic rings. The van der Waals surface area contributed by atoms with Crippen molar-refractivity contribution in [2.24, 2.45) is 0 Å². The summed E-state index contributed by atoms with van der Waals surface area (Å²) < 4.78 is 5.45. The Bertz CT molecular complexity index is 684. The minimum atomic E-state index is -1.31. The van der Waals surface area contributed by atoms with E-state index in [0.717, 1.165) is 6.20 Å². The van der Waals surface area contributed by atoms with Gasteiger partial charge in [0.2, 0.25) is 0 Å². The Kier molecular flexibility index (Phi) is 4.37. The molecular formula is C13H11ClN2O4. The number of benzene rings is 1. The molecule has 0 aliphatic carbocycles. The standard InChI is InChI=1S/C13H11ClN2O4/c14-8-2-1-3-9(6-8)20-5-4-11-15-7-10(13(18)19)12(17)16-11/h1-3,6-7H,4-5H2,(H,18,19)(H,15,16,17). The van der Waals surface area contributed by atoms with E-state index in [9.17, 15) is 9.59 Å². The van der Waals surface area contributed by atoms with Gasteiger partial charge in [0.05, 0.1) is 6.61 Å². The molecule has 0 saturated carbocycles. The molecule has 0 saturated heterocycles. The smallest absolute Gasteiger partial charge is 0.342 e. The molecule has 2 N–H and O–H groups in total. The molecule has 0 radical (unpaired) electrons. The van der Waals surface area contributed by atoms with E-state index in [1.165, 1.54) is 0 Å². The van der Waals surface area contributed by atoms with Gasteiger partial charge < -0.3 is 14.8 Å². The zero-order valence-electron chi connectivity index (χ0n) is 10.3. The summed E-state index contributed by atoms with van der Waals surface area (Å²) in [7, 11) is 0. The maximum Gasteiger partial charge on any atom is 0.342 e. The van der Waals surface area contributed by atoms with E-state index < -0.39 is 11.5 Å². The molecule has 104 valence electrons. The first-order valence-corrected chi connectivity index (χ1v) is 6.14. The topological polar surface area (TPSA) is 92.3 Å². The molecule has 6 nitrogen and oxygen atoms in total. The van der Waals surface area contributed by atoms with E-state index in [0.29, 0.717) is 23.0 Å². The van der Waals surface area contributed by atoms with Gasteiger partial charge in [-0.3, -0.25) is 4.79 Å². The maximum absolute atomic E-state index is 11.4. The highest BCUT2D eigenvalue weighted by Crippen LogP contribution is 2.17. The second-order valence-corrected chi connectivity index (χ2v) is 4.37. The number of rotatable bonds is 5. The van der Waals surface area contributed by atoms with Crippen LogP contribution in [0.5, 0.6) is 5.75 Å². The van der Waals surface area contributed by atoms with Crippen molar-refractivity contribution >= 4 is 17.6 Å². The summed E-state index contributed by atoms with van der Waals surface area (Å²) in [6, 6.07) is 6.93. The summed E-state index contributed by atoms with van der Waals surface area (Å²) in [5.41, 5.74) is -1.06. The summed E-state index contributed by atoms with van der Waals surface area (Å²) in [5, 5.41) is 9.28. The Morgan fingerprint density at radius 2 is 2.25 bits per heavy atom. The molecule has 0 atom stereocenters. The molecule has 0 bridgehead atoms. The number of ether oxygens (including phenoxy) is 1. The van der Waals surface area contributed by atoms with Gasteiger partial charge >= 0.3 is 5.97 Å². The molecule has 2 aromatic rings. The Balaban J connectivity index is 1.96. The SMILES string of the molecule is O=C(O)c1cnc(CCOc2cccc(Cl)c2)[nH]c1=O. The third-order valence-electron chi connectivity index (χ3n) is 2.49. The minimum absolute atomic E-state index is 0.287. The van der Waals surface area contributed by atoms with Crippen LogP contribution in [0.2, 0.25) is 5.02 Å². The van der Waals surface area contributed by atoms with E-state index in [-0.39, 0.29) is 12.2 Å². The quantitative estimate of drug-likeness (QED) is 0.876. The Morgan fingerprint density at radius 3 is 2.90 bits per heavy atom. The van der Waals surface area contributed by atoms with Crippen molar-refractivity contribution in [3.05, 3.63) is 57.2 Å². The van der Waals surface area contributed by atoms with Crippen LogP contribution in [0, 0.1) is 0 Å². The molecule has 0 fully saturated rings. The number of nitrogens with one attached hydrogen (secondary N) is 1. The first-order chi connectivity index (χ1) is 9.56. The summed E-state index contributed by atoms with van der Waals surface area (Å²) in [5.74, 6) is -0.329. The fourth-order valence-corrected chi connectivity index (χ4v) is 1.71. The largest absolute Gasteiger partial charge is 0.493 e. The summed E-state index contributed by atoms with van der Waals surface area (Å²) in [6.07, 6.45) is 1.39. The van der Waals surface area contributed by atoms with Gasteiger partial charge in [0.25, 0.3) is 5.56 Å². The number of carboxylic acid groups (broad SMARTS) is 1. The molecule has 7 heteroatoms. The van der Waals surface area contributed by atoms with Gasteiger partial charge in [0.15, 0.2) is 0 Å². The highest BCUT2D eigenvalue weighted by atomic mass is 35.5. The predicted octanol–water partition coefficient (Wildman–Crippen LogP) is 1.74. The number of aromatic amines is 1. The zero-order chi connectivity index (χ0) is 14.5. The van der Waals surface area contributed by atoms with Crippen molar-refractivity contribution in [3.63, 3.8) is 0 Å². The lowest BCUT2D eigenvalue weighted by atomic mass is 10.3. The van der Waals surface area contributed by atoms with Crippen LogP contribution in [0.15, 0.2) is 35.3 Å². The summed E-state index contributed by atoms with van der Waals surface area (Å²) in [4.78, 5) is 28.4. The van der Waals surface area contributed by atoms with Gasteiger partial charge in [0, 0.05) is 17.6 Å². The molecule has 1 heterocycles. The number of aromatic nitrogens is 2. The maximum atomic E-state index is 11.4. The van der Waals surface area contributed by atoms with Gasteiger partial charge in [0.1, 0.15) is 17.1 Å². The number of carboxylic acids is 1. The van der Waals surface area contributed by atoms with E-state index in [4.69, 9.17) is 21.4 Å². The van der Waals surface area contributed by atoms with Crippen molar-refractivity contribution in [2.45, 2.75) is 6.42 Å². The molecule has 1 aromatic heterocycles. The molecule has 0 spiro atoms. The van der Waals surface area contributed by atoms with Gasteiger partial charge in [-0.1, -0.05) is 17.7 Å². The molecule has 0 unspecified atom stereocenters. The third kappa shape index (κ3) is 3.58. The van der Waals surface area contributed by atoms with Gasteiger partial charge in [-0.05, 0) is 18.2 Å². The van der Waals surface area contributed by atoms with Gasteiger partial charge in [-0.25, -0.2) is 9.78 Å². The van der Waals surface area contributed by atoms with Crippen LogP contribution in [0.3, 0.4) is 0 Å². The predicted molar refractivity (Wildman–Crippen MR) is 72.5 cm³/mol. The molecule has 1 aromatic carbocycles. The fourth-order valence-electron chi connectivity index (χ4n) is 1.53. The van der Waals surface area contributed by atoms with E-state index in [1.807, 2.05) is 0 Å². The number of carbonyl (C=O) groups is 1. The molecule has 0 aliphatic heterocycles. The van der Waals surface area contributed by atoms with Crippen molar-refractivity contribution in [3.8, 4) is 5.75 Å². The zero-order valence-corrected chi connectivity index (χ0v) is 11.1. The average molecular weight is 295 g/mol. The van der Waals surface area contributed by atoms with Crippen LogP contribution in [0.1, 0.15) is 16.2 Å². The normalized spacial score (nSPS) is 10.2. The third-order valence-corrected chi connectivity index (χ3v) is 2.72. The van der Waals surface area contributed by atoms with Crippen molar-refractivity contribution in [1.82, 2.24) is 9.97 Å². The van der Waals surface area contributed by atoms with Crippen molar-refractivity contribution in [1.29, 1.82) is 0 Å². The molecular weight excluding hydrogens is 284 g/mol. The lowest BCUT2D eigenvalue weighted by Gasteiger charge is -2.06. The van der Waals surface area contributed by atoms with Crippen LogP contribution in [0.25, 0.3) is 0 Å². The van der Waals surface area contributed by atoms with Crippen LogP contribution in [0.4, 0.5) is 0 Å². The van der Waals surface area contributed by atoms with Crippen LogP contribution in [-0.2, 0) is 6.42 Å².